The van der Waals surface area contributed by atoms with Gasteiger partial charge in [-0.2, -0.15) is 0 Å². The minimum absolute atomic E-state index is 0.543. The molecular weight excluding hydrogens is 194 g/mol. The topological polar surface area (TPSA) is 33.1 Å². The number of hydrogen-bond donors (Lipinski definition) is 1. The molecule has 1 aliphatic rings. The molecular formula is C11H11NOS. The lowest BCUT2D eigenvalue weighted by Gasteiger charge is -2.07. The van der Waals surface area contributed by atoms with E-state index in [4.69, 9.17) is 0 Å². The predicted molar refractivity (Wildman–Crippen MR) is 57.5 cm³/mol. The van der Waals surface area contributed by atoms with Crippen LogP contribution in [-0.4, -0.2) is 10.1 Å². The van der Waals surface area contributed by atoms with E-state index in [0.717, 1.165) is 33.6 Å². The lowest BCUT2D eigenvalue weighted by Crippen LogP contribution is -2.03. The predicted octanol–water partition coefficient (Wildman–Crippen LogP) is 2.59. The van der Waals surface area contributed by atoms with Crippen LogP contribution >= 0.6 is 11.3 Å². The van der Waals surface area contributed by atoms with E-state index in [2.05, 4.69) is 4.98 Å². The van der Waals surface area contributed by atoms with Gasteiger partial charge in [-0.15, -0.1) is 11.3 Å². The van der Waals surface area contributed by atoms with Crippen LogP contribution in [0.15, 0.2) is 18.2 Å². The quantitative estimate of drug-likeness (QED) is 0.776. The third-order valence-electron chi connectivity index (χ3n) is 2.75. The summed E-state index contributed by atoms with van der Waals surface area (Å²) in [4.78, 5) is 4.42. The molecule has 0 aliphatic heterocycles. The molecule has 0 amide bonds. The van der Waals surface area contributed by atoms with Gasteiger partial charge in [0.2, 0.25) is 0 Å². The highest BCUT2D eigenvalue weighted by Gasteiger charge is 2.43. The molecule has 1 N–H and O–H groups in total. The van der Waals surface area contributed by atoms with Gasteiger partial charge in [0, 0.05) is 5.56 Å². The fourth-order valence-corrected chi connectivity index (χ4v) is 2.84. The van der Waals surface area contributed by atoms with E-state index in [1.165, 1.54) is 0 Å². The minimum Gasteiger partial charge on any atom is -0.385 e. The fourth-order valence-electron chi connectivity index (χ4n) is 1.81. The summed E-state index contributed by atoms with van der Waals surface area (Å²) < 4.78 is 1.16. The normalized spacial score (nSPS) is 18.7. The molecule has 1 aromatic heterocycles. The minimum atomic E-state index is -0.543. The number of rotatable bonds is 1. The molecule has 1 saturated carbocycles. The van der Waals surface area contributed by atoms with Crippen molar-refractivity contribution in [3.63, 3.8) is 0 Å². The van der Waals surface area contributed by atoms with Crippen molar-refractivity contribution in [2.75, 3.05) is 0 Å². The summed E-state index contributed by atoms with van der Waals surface area (Å²) in [5.41, 5.74) is 1.55. The van der Waals surface area contributed by atoms with Gasteiger partial charge in [-0.3, -0.25) is 0 Å². The first-order chi connectivity index (χ1) is 6.69. The van der Waals surface area contributed by atoms with Gasteiger partial charge in [0.05, 0.1) is 20.8 Å². The van der Waals surface area contributed by atoms with Crippen molar-refractivity contribution in [1.82, 2.24) is 4.98 Å². The Bertz CT molecular complexity index is 499. The van der Waals surface area contributed by atoms with Crippen LogP contribution in [0.1, 0.15) is 23.4 Å². The summed E-state index contributed by atoms with van der Waals surface area (Å²) in [5.74, 6) is 0. The average Bonchev–Trinajstić information content (AvgIpc) is 2.78. The first-order valence-corrected chi connectivity index (χ1v) is 5.60. The van der Waals surface area contributed by atoms with Crippen LogP contribution < -0.4 is 0 Å². The van der Waals surface area contributed by atoms with Crippen LogP contribution in [0.4, 0.5) is 0 Å². The van der Waals surface area contributed by atoms with Gasteiger partial charge < -0.3 is 5.11 Å². The van der Waals surface area contributed by atoms with Crippen LogP contribution in [-0.2, 0) is 5.60 Å². The van der Waals surface area contributed by atoms with Crippen molar-refractivity contribution in [3.05, 3.63) is 28.8 Å². The van der Waals surface area contributed by atoms with Crippen LogP contribution in [0, 0.1) is 6.92 Å². The highest BCUT2D eigenvalue weighted by atomic mass is 32.1. The molecule has 3 heteroatoms. The van der Waals surface area contributed by atoms with Gasteiger partial charge in [-0.25, -0.2) is 4.98 Å². The SMILES string of the molecule is Cc1nc2cccc(C3(O)CC3)c2s1. The van der Waals surface area contributed by atoms with Crippen molar-refractivity contribution in [2.24, 2.45) is 0 Å². The summed E-state index contributed by atoms with van der Waals surface area (Å²) in [6.45, 7) is 2.01. The largest absolute Gasteiger partial charge is 0.385 e. The second-order valence-electron chi connectivity index (χ2n) is 3.92. The number of hydrogen-bond acceptors (Lipinski definition) is 3. The van der Waals surface area contributed by atoms with Gasteiger partial charge in [0.1, 0.15) is 0 Å². The standard InChI is InChI=1S/C11H11NOS/c1-7-12-9-4-2-3-8(10(9)14-7)11(13)5-6-11/h2-4,13H,5-6H2,1H3. The highest BCUT2D eigenvalue weighted by molar-refractivity contribution is 7.18. The average molecular weight is 205 g/mol. The molecule has 1 aliphatic carbocycles. The molecule has 0 bridgehead atoms. The van der Waals surface area contributed by atoms with Crippen molar-refractivity contribution in [3.8, 4) is 0 Å². The van der Waals surface area contributed by atoms with E-state index >= 15 is 0 Å². The summed E-state index contributed by atoms with van der Waals surface area (Å²) >= 11 is 1.67. The Labute approximate surface area is 86.2 Å². The summed E-state index contributed by atoms with van der Waals surface area (Å²) in [6, 6.07) is 6.01. The number of benzene rings is 1. The Hall–Kier alpha value is -0.930. The fraction of sp³-hybridized carbons (Fsp3) is 0.364. The number of aryl methyl sites for hydroxylation is 1. The molecule has 72 valence electrons. The van der Waals surface area contributed by atoms with Gasteiger partial charge in [-0.1, -0.05) is 12.1 Å². The van der Waals surface area contributed by atoms with Gasteiger partial charge in [0.25, 0.3) is 0 Å². The monoisotopic (exact) mass is 205 g/mol. The number of aromatic nitrogens is 1. The zero-order valence-electron chi connectivity index (χ0n) is 7.95. The van der Waals surface area contributed by atoms with Crippen molar-refractivity contribution < 1.29 is 5.11 Å². The number of aliphatic hydroxyl groups is 1. The first-order valence-electron chi connectivity index (χ1n) is 4.78. The van der Waals surface area contributed by atoms with Gasteiger partial charge in [0.15, 0.2) is 0 Å². The van der Waals surface area contributed by atoms with Gasteiger partial charge in [-0.05, 0) is 25.8 Å². The number of fused-ring (bicyclic) bond motifs is 1. The summed E-state index contributed by atoms with van der Waals surface area (Å²) in [5, 5.41) is 11.2. The molecule has 14 heavy (non-hydrogen) atoms. The lowest BCUT2D eigenvalue weighted by molar-refractivity contribution is 0.153. The van der Waals surface area contributed by atoms with Crippen LogP contribution in [0.2, 0.25) is 0 Å². The van der Waals surface area contributed by atoms with Crippen LogP contribution in [0.5, 0.6) is 0 Å². The van der Waals surface area contributed by atoms with E-state index in [1.807, 2.05) is 25.1 Å². The smallest absolute Gasteiger partial charge is 0.0913 e. The third-order valence-corrected chi connectivity index (χ3v) is 3.77. The highest BCUT2D eigenvalue weighted by Crippen LogP contribution is 2.48. The Morgan fingerprint density at radius 2 is 2.21 bits per heavy atom. The maximum Gasteiger partial charge on any atom is 0.0913 e. The maximum atomic E-state index is 10.1. The maximum absolute atomic E-state index is 10.1. The molecule has 0 atom stereocenters. The van der Waals surface area contributed by atoms with Crippen molar-refractivity contribution in [2.45, 2.75) is 25.4 Å². The zero-order valence-corrected chi connectivity index (χ0v) is 8.77. The first kappa shape index (κ1) is 8.38. The Morgan fingerprint density at radius 1 is 1.43 bits per heavy atom. The van der Waals surface area contributed by atoms with Crippen molar-refractivity contribution in [1.29, 1.82) is 0 Å². The molecule has 1 heterocycles. The molecule has 2 nitrogen and oxygen atoms in total. The molecule has 0 spiro atoms. The molecule has 2 aromatic rings. The summed E-state index contributed by atoms with van der Waals surface area (Å²) in [6.07, 6.45) is 1.78. The number of nitrogens with zero attached hydrogens (tertiary/aromatic N) is 1. The van der Waals surface area contributed by atoms with E-state index in [-0.39, 0.29) is 0 Å². The van der Waals surface area contributed by atoms with Crippen LogP contribution in [0.3, 0.4) is 0 Å². The van der Waals surface area contributed by atoms with E-state index < -0.39 is 5.60 Å². The number of thiazole rings is 1. The molecule has 0 saturated heterocycles. The van der Waals surface area contributed by atoms with Crippen LogP contribution in [0.25, 0.3) is 10.2 Å². The Morgan fingerprint density at radius 3 is 2.93 bits per heavy atom. The van der Waals surface area contributed by atoms with Gasteiger partial charge >= 0.3 is 0 Å². The second kappa shape index (κ2) is 2.55. The van der Waals surface area contributed by atoms with E-state index in [9.17, 15) is 5.11 Å². The second-order valence-corrected chi connectivity index (χ2v) is 5.12. The van der Waals surface area contributed by atoms with E-state index in [1.54, 1.807) is 11.3 Å². The van der Waals surface area contributed by atoms with Crippen molar-refractivity contribution >= 4 is 21.6 Å². The Kier molecular flexibility index (Phi) is 1.53. The van der Waals surface area contributed by atoms with E-state index in [0.29, 0.717) is 0 Å². The molecule has 0 unspecified atom stereocenters. The lowest BCUT2D eigenvalue weighted by atomic mass is 10.1. The zero-order chi connectivity index (χ0) is 9.76. The summed E-state index contributed by atoms with van der Waals surface area (Å²) in [7, 11) is 0. The third kappa shape index (κ3) is 1.09. The Balaban J connectivity index is 2.32. The molecule has 1 aromatic carbocycles. The molecule has 0 radical (unpaired) electrons. The molecule has 1 fully saturated rings. The molecule has 3 rings (SSSR count).